The van der Waals surface area contributed by atoms with Crippen molar-refractivity contribution < 1.29 is 14.7 Å². The van der Waals surface area contributed by atoms with Crippen LogP contribution < -0.4 is 11.5 Å². The Morgan fingerprint density at radius 3 is 2.50 bits per heavy atom. The quantitative estimate of drug-likeness (QED) is 0.617. The molecule has 0 aliphatic carbocycles. The van der Waals surface area contributed by atoms with Gasteiger partial charge in [0, 0.05) is 6.42 Å². The van der Waals surface area contributed by atoms with Crippen LogP contribution in [0, 0.1) is 0 Å². The highest BCUT2D eigenvalue weighted by Gasteiger charge is 2.18. The molecule has 0 aliphatic heterocycles. The molecule has 16 heavy (non-hydrogen) atoms. The zero-order valence-electron chi connectivity index (χ0n) is 8.72. The molecule has 1 amide bonds. The number of hydrogen-bond acceptors (Lipinski definition) is 4. The van der Waals surface area contributed by atoms with Gasteiger partial charge in [-0.05, 0) is 18.6 Å². The molecule has 1 atom stereocenters. The van der Waals surface area contributed by atoms with Crippen LogP contribution in [0.4, 0.5) is 0 Å². The lowest BCUT2D eigenvalue weighted by molar-refractivity contribution is -0.118. The molecule has 0 unspecified atom stereocenters. The second-order valence-corrected chi connectivity index (χ2v) is 3.49. The highest BCUT2D eigenvalue weighted by atomic mass is 16.3. The average molecular weight is 222 g/mol. The Morgan fingerprint density at radius 2 is 1.94 bits per heavy atom. The fourth-order valence-corrected chi connectivity index (χ4v) is 1.31. The first-order chi connectivity index (χ1) is 7.52. The topological polar surface area (TPSA) is 106 Å². The summed E-state index contributed by atoms with van der Waals surface area (Å²) in [7, 11) is 0. The van der Waals surface area contributed by atoms with Crippen molar-refractivity contribution in [2.45, 2.75) is 18.9 Å². The van der Waals surface area contributed by atoms with E-state index in [1.165, 1.54) is 12.1 Å². The summed E-state index contributed by atoms with van der Waals surface area (Å²) in [5, 5.41) is 9.44. The SMILES string of the molecule is NC(=O)CC[C@H](N)C(=O)c1ccccc1O. The van der Waals surface area contributed by atoms with Crippen LogP contribution >= 0.6 is 0 Å². The molecular formula is C11H14N2O3. The fourth-order valence-electron chi connectivity index (χ4n) is 1.31. The van der Waals surface area contributed by atoms with E-state index >= 15 is 0 Å². The van der Waals surface area contributed by atoms with Crippen LogP contribution in [-0.4, -0.2) is 22.8 Å². The molecule has 0 bridgehead atoms. The first-order valence-electron chi connectivity index (χ1n) is 4.88. The Hall–Kier alpha value is -1.88. The molecule has 0 spiro atoms. The summed E-state index contributed by atoms with van der Waals surface area (Å²) < 4.78 is 0. The number of carbonyl (C=O) groups excluding carboxylic acids is 2. The minimum atomic E-state index is -0.819. The molecule has 0 aliphatic rings. The summed E-state index contributed by atoms with van der Waals surface area (Å²) in [5.74, 6) is -0.998. The van der Waals surface area contributed by atoms with Crippen LogP contribution in [0.2, 0.25) is 0 Å². The number of benzene rings is 1. The van der Waals surface area contributed by atoms with Gasteiger partial charge in [-0.3, -0.25) is 9.59 Å². The molecule has 86 valence electrons. The highest BCUT2D eigenvalue weighted by molar-refractivity contribution is 6.02. The number of primary amides is 1. The Morgan fingerprint density at radius 1 is 1.31 bits per heavy atom. The monoisotopic (exact) mass is 222 g/mol. The van der Waals surface area contributed by atoms with Crippen molar-refractivity contribution in [2.24, 2.45) is 11.5 Å². The smallest absolute Gasteiger partial charge is 0.217 e. The van der Waals surface area contributed by atoms with Crippen molar-refractivity contribution in [3.8, 4) is 5.75 Å². The van der Waals surface area contributed by atoms with Crippen molar-refractivity contribution in [1.29, 1.82) is 0 Å². The number of carbonyl (C=O) groups is 2. The van der Waals surface area contributed by atoms with E-state index in [4.69, 9.17) is 11.5 Å². The maximum Gasteiger partial charge on any atom is 0.217 e. The van der Waals surface area contributed by atoms with Crippen LogP contribution in [-0.2, 0) is 4.79 Å². The van der Waals surface area contributed by atoms with Crippen LogP contribution in [0.3, 0.4) is 0 Å². The maximum atomic E-state index is 11.7. The van der Waals surface area contributed by atoms with Crippen molar-refractivity contribution >= 4 is 11.7 Å². The molecule has 1 aromatic carbocycles. The van der Waals surface area contributed by atoms with Crippen molar-refractivity contribution in [2.75, 3.05) is 0 Å². The molecule has 5 heteroatoms. The van der Waals surface area contributed by atoms with Crippen molar-refractivity contribution in [1.82, 2.24) is 0 Å². The van der Waals surface area contributed by atoms with Crippen molar-refractivity contribution in [3.05, 3.63) is 29.8 Å². The third kappa shape index (κ3) is 3.06. The van der Waals surface area contributed by atoms with Gasteiger partial charge < -0.3 is 16.6 Å². The molecule has 5 nitrogen and oxygen atoms in total. The Bertz CT molecular complexity index is 404. The van der Waals surface area contributed by atoms with Crippen LogP contribution in [0.5, 0.6) is 5.75 Å². The van der Waals surface area contributed by atoms with Gasteiger partial charge in [0.05, 0.1) is 11.6 Å². The number of Topliss-reactive ketones (excluding diaryl/α,β-unsaturated/α-hetero) is 1. The van der Waals surface area contributed by atoms with Gasteiger partial charge in [0.25, 0.3) is 0 Å². The lowest BCUT2D eigenvalue weighted by Crippen LogP contribution is -2.31. The lowest BCUT2D eigenvalue weighted by atomic mass is 10.0. The zero-order chi connectivity index (χ0) is 12.1. The number of para-hydroxylation sites is 1. The molecule has 5 N–H and O–H groups in total. The Balaban J connectivity index is 2.71. The number of ketones is 1. The van der Waals surface area contributed by atoms with Crippen LogP contribution in [0.25, 0.3) is 0 Å². The molecular weight excluding hydrogens is 208 g/mol. The van der Waals surface area contributed by atoms with Gasteiger partial charge in [-0.15, -0.1) is 0 Å². The summed E-state index contributed by atoms with van der Waals surface area (Å²) in [6.07, 6.45) is 0.239. The van der Waals surface area contributed by atoms with E-state index in [-0.39, 0.29) is 29.9 Å². The van der Waals surface area contributed by atoms with E-state index in [1.54, 1.807) is 12.1 Å². The van der Waals surface area contributed by atoms with E-state index in [0.29, 0.717) is 0 Å². The molecule has 0 fully saturated rings. The minimum absolute atomic E-state index is 0.0561. The molecule has 1 aromatic rings. The summed E-state index contributed by atoms with van der Waals surface area (Å²) in [6.45, 7) is 0. The third-order valence-corrected chi connectivity index (χ3v) is 2.21. The molecule has 0 heterocycles. The number of phenols is 1. The largest absolute Gasteiger partial charge is 0.507 e. The summed E-state index contributed by atoms with van der Waals surface area (Å²) in [6, 6.07) is 5.32. The van der Waals surface area contributed by atoms with Gasteiger partial charge in [0.2, 0.25) is 5.91 Å². The second-order valence-electron chi connectivity index (χ2n) is 3.49. The average Bonchev–Trinajstić information content (AvgIpc) is 2.25. The van der Waals surface area contributed by atoms with Gasteiger partial charge in [-0.25, -0.2) is 0 Å². The normalized spacial score (nSPS) is 12.1. The zero-order valence-corrected chi connectivity index (χ0v) is 8.72. The molecule has 0 saturated carbocycles. The number of rotatable bonds is 5. The van der Waals surface area contributed by atoms with Gasteiger partial charge in [-0.1, -0.05) is 12.1 Å². The fraction of sp³-hybridized carbons (Fsp3) is 0.273. The minimum Gasteiger partial charge on any atom is -0.507 e. The van der Waals surface area contributed by atoms with Crippen LogP contribution in [0.15, 0.2) is 24.3 Å². The Kier molecular flexibility index (Phi) is 4.02. The predicted octanol–water partition coefficient (Wildman–Crippen LogP) is 0.168. The van der Waals surface area contributed by atoms with E-state index in [1.807, 2.05) is 0 Å². The number of amides is 1. The summed E-state index contributed by atoms with van der Waals surface area (Å²) in [5.41, 5.74) is 10.7. The van der Waals surface area contributed by atoms with E-state index in [9.17, 15) is 14.7 Å². The Labute approximate surface area is 93.1 Å². The standard InChI is InChI=1S/C11H14N2O3/c12-8(5-6-10(13)15)11(16)7-3-1-2-4-9(7)14/h1-4,8,14H,5-6,12H2,(H2,13,15)/t8-/m0/s1. The first-order valence-corrected chi connectivity index (χ1v) is 4.88. The second kappa shape index (κ2) is 5.27. The van der Waals surface area contributed by atoms with E-state index in [2.05, 4.69) is 0 Å². The van der Waals surface area contributed by atoms with E-state index in [0.717, 1.165) is 0 Å². The lowest BCUT2D eigenvalue weighted by Gasteiger charge is -2.10. The number of aromatic hydroxyl groups is 1. The molecule has 0 saturated heterocycles. The van der Waals surface area contributed by atoms with Gasteiger partial charge >= 0.3 is 0 Å². The van der Waals surface area contributed by atoms with Gasteiger partial charge in [-0.2, -0.15) is 0 Å². The number of nitrogens with two attached hydrogens (primary N) is 2. The summed E-state index contributed by atoms with van der Waals surface area (Å²) in [4.78, 5) is 22.3. The highest BCUT2D eigenvalue weighted by Crippen LogP contribution is 2.18. The molecule has 0 aromatic heterocycles. The van der Waals surface area contributed by atoms with Crippen LogP contribution in [0.1, 0.15) is 23.2 Å². The van der Waals surface area contributed by atoms with Crippen molar-refractivity contribution in [3.63, 3.8) is 0 Å². The van der Waals surface area contributed by atoms with E-state index < -0.39 is 11.9 Å². The maximum absolute atomic E-state index is 11.7. The summed E-state index contributed by atoms with van der Waals surface area (Å²) >= 11 is 0. The van der Waals surface area contributed by atoms with Gasteiger partial charge in [0.15, 0.2) is 5.78 Å². The first kappa shape index (κ1) is 12.2. The molecule has 1 rings (SSSR count). The number of phenolic OH excluding ortho intramolecular Hbond substituents is 1. The predicted molar refractivity (Wildman–Crippen MR) is 58.8 cm³/mol. The van der Waals surface area contributed by atoms with Gasteiger partial charge in [0.1, 0.15) is 5.75 Å². The third-order valence-electron chi connectivity index (χ3n) is 2.21. The molecule has 0 radical (unpaired) electrons. The number of hydrogen-bond donors (Lipinski definition) is 3.